The largest absolute Gasteiger partial charge is 0.324 e. The van der Waals surface area contributed by atoms with Gasteiger partial charge in [-0.1, -0.05) is 42.5 Å². The lowest BCUT2D eigenvalue weighted by atomic mass is 9.99. The summed E-state index contributed by atoms with van der Waals surface area (Å²) in [5, 5.41) is 3.04. The number of hydrogen-bond donors (Lipinski definition) is 1. The fourth-order valence-electron chi connectivity index (χ4n) is 4.64. The van der Waals surface area contributed by atoms with E-state index in [1.54, 1.807) is 12.4 Å². The van der Waals surface area contributed by atoms with Gasteiger partial charge in [-0.05, 0) is 54.4 Å². The maximum absolute atomic E-state index is 13.0. The summed E-state index contributed by atoms with van der Waals surface area (Å²) in [6, 6.07) is 27.3. The topological polar surface area (TPSA) is 83.9 Å². The van der Waals surface area contributed by atoms with Gasteiger partial charge in [0.2, 0.25) is 0 Å². The highest BCUT2D eigenvalue weighted by atomic mass is 16.2. The van der Waals surface area contributed by atoms with Gasteiger partial charge in [0.05, 0.1) is 22.4 Å². The van der Waals surface area contributed by atoms with Gasteiger partial charge in [0.1, 0.15) is 11.4 Å². The van der Waals surface area contributed by atoms with E-state index in [1.807, 2.05) is 77.7 Å². The minimum Gasteiger partial charge on any atom is -0.324 e. The lowest BCUT2D eigenvalue weighted by Crippen LogP contribution is -2.32. The Balaban J connectivity index is 1.29. The normalized spacial score (nSPS) is 15.2. The first-order valence-corrected chi connectivity index (χ1v) is 12.0. The van der Waals surface area contributed by atoms with Crippen LogP contribution < -0.4 is 5.32 Å². The third-order valence-corrected chi connectivity index (χ3v) is 6.48. The summed E-state index contributed by atoms with van der Waals surface area (Å²) >= 11 is 0. The van der Waals surface area contributed by atoms with Gasteiger partial charge in [-0.25, -0.2) is 14.8 Å². The number of hydrogen-bond acceptors (Lipinski definition) is 5. The van der Waals surface area contributed by atoms with Gasteiger partial charge in [0.25, 0.3) is 0 Å². The van der Waals surface area contributed by atoms with Gasteiger partial charge in [0.15, 0.2) is 0 Å². The molecule has 0 aliphatic carbocycles. The number of carbonyl (C=O) groups excluding carboxylic acids is 1. The standard InChI is InChI=1S/C29H24N6O/c36-29(35-17-14-21(19-35)20-8-2-1-3-9-20)32-22-12-13-23-26(18-22)34-28(25-11-5-7-16-31-25)27(33-23)24-10-4-6-15-30-24/h1-13,15-16,18,21H,14,17,19H2,(H,32,36)/t21-/m0/s1. The van der Waals surface area contributed by atoms with E-state index in [1.165, 1.54) is 5.56 Å². The lowest BCUT2D eigenvalue weighted by molar-refractivity contribution is 0.222. The van der Waals surface area contributed by atoms with Gasteiger partial charge in [0, 0.05) is 37.1 Å². The Hall–Kier alpha value is -4.65. The van der Waals surface area contributed by atoms with Crippen LogP contribution in [0.15, 0.2) is 97.3 Å². The molecule has 0 bridgehead atoms. The number of nitrogens with one attached hydrogen (secondary N) is 1. The van der Waals surface area contributed by atoms with Crippen LogP contribution in [0.25, 0.3) is 33.8 Å². The predicted octanol–water partition coefficient (Wildman–Crippen LogP) is 5.78. The zero-order valence-electron chi connectivity index (χ0n) is 19.6. The Morgan fingerprint density at radius 3 is 2.11 bits per heavy atom. The summed E-state index contributed by atoms with van der Waals surface area (Å²) in [5.41, 5.74) is 6.12. The average Bonchev–Trinajstić information content (AvgIpc) is 3.45. The first-order valence-electron chi connectivity index (χ1n) is 12.0. The summed E-state index contributed by atoms with van der Waals surface area (Å²) in [4.78, 5) is 33.6. The van der Waals surface area contributed by atoms with E-state index in [9.17, 15) is 4.79 Å². The summed E-state index contributed by atoms with van der Waals surface area (Å²) in [6.45, 7) is 1.44. The first-order chi connectivity index (χ1) is 17.7. The smallest absolute Gasteiger partial charge is 0.321 e. The molecule has 4 heterocycles. The number of benzene rings is 2. The lowest BCUT2D eigenvalue weighted by Gasteiger charge is -2.18. The average molecular weight is 473 g/mol. The fraction of sp³-hybridized carbons (Fsp3) is 0.138. The van der Waals surface area contributed by atoms with Gasteiger partial charge < -0.3 is 10.2 Å². The summed E-state index contributed by atoms with van der Waals surface area (Å²) in [7, 11) is 0. The van der Waals surface area contributed by atoms with E-state index >= 15 is 0 Å². The molecule has 1 saturated heterocycles. The fourth-order valence-corrected chi connectivity index (χ4v) is 4.64. The maximum atomic E-state index is 13.0. The molecule has 7 nitrogen and oxygen atoms in total. The van der Waals surface area contributed by atoms with Gasteiger partial charge >= 0.3 is 6.03 Å². The van der Waals surface area contributed by atoms with Gasteiger partial charge in [-0.15, -0.1) is 0 Å². The van der Waals surface area contributed by atoms with Crippen molar-refractivity contribution in [3.05, 3.63) is 103 Å². The molecule has 1 aliphatic rings. The first kappa shape index (κ1) is 21.9. The van der Waals surface area contributed by atoms with Crippen molar-refractivity contribution in [2.24, 2.45) is 0 Å². The number of pyridine rings is 2. The summed E-state index contributed by atoms with van der Waals surface area (Å²) in [5.74, 6) is 0.366. The van der Waals surface area contributed by atoms with Crippen molar-refractivity contribution in [1.29, 1.82) is 0 Å². The molecular formula is C29H24N6O. The zero-order chi connectivity index (χ0) is 24.3. The molecule has 2 amide bonds. The molecule has 3 aromatic heterocycles. The minimum atomic E-state index is -0.101. The SMILES string of the molecule is O=C(Nc1ccc2nc(-c3ccccn3)c(-c3ccccn3)nc2c1)N1CC[C@H](c2ccccc2)C1. The highest BCUT2D eigenvalue weighted by Gasteiger charge is 2.27. The van der Waals surface area contributed by atoms with E-state index in [-0.39, 0.29) is 6.03 Å². The Labute approximate surface area is 208 Å². The molecule has 1 aliphatic heterocycles. The number of likely N-dealkylation sites (tertiary alicyclic amines) is 1. The Kier molecular flexibility index (Phi) is 5.79. The molecule has 0 unspecified atom stereocenters. The third kappa shape index (κ3) is 4.38. The summed E-state index contributed by atoms with van der Waals surface area (Å²) in [6.07, 6.45) is 4.44. The van der Waals surface area contributed by atoms with Crippen molar-refractivity contribution in [1.82, 2.24) is 24.8 Å². The van der Waals surface area contributed by atoms with Crippen LogP contribution in [0, 0.1) is 0 Å². The molecule has 0 spiro atoms. The van der Waals surface area contributed by atoms with E-state index in [0.717, 1.165) is 24.2 Å². The number of anilines is 1. The Morgan fingerprint density at radius 1 is 0.778 bits per heavy atom. The molecule has 1 fully saturated rings. The number of rotatable bonds is 4. The van der Waals surface area contributed by atoms with Crippen LogP contribution in [0.1, 0.15) is 17.9 Å². The van der Waals surface area contributed by atoms with Crippen LogP contribution in [-0.2, 0) is 0 Å². The molecule has 0 radical (unpaired) electrons. The molecule has 2 aromatic carbocycles. The van der Waals surface area contributed by atoms with E-state index in [4.69, 9.17) is 9.97 Å². The van der Waals surface area contributed by atoms with Crippen molar-refractivity contribution in [2.75, 3.05) is 18.4 Å². The van der Waals surface area contributed by atoms with Crippen molar-refractivity contribution in [3.8, 4) is 22.8 Å². The van der Waals surface area contributed by atoms with E-state index < -0.39 is 0 Å². The summed E-state index contributed by atoms with van der Waals surface area (Å²) < 4.78 is 0. The van der Waals surface area contributed by atoms with Crippen LogP contribution in [-0.4, -0.2) is 44.0 Å². The van der Waals surface area contributed by atoms with Crippen molar-refractivity contribution in [2.45, 2.75) is 12.3 Å². The third-order valence-electron chi connectivity index (χ3n) is 6.48. The number of urea groups is 1. The Morgan fingerprint density at radius 2 is 1.44 bits per heavy atom. The maximum Gasteiger partial charge on any atom is 0.321 e. The highest BCUT2D eigenvalue weighted by molar-refractivity contribution is 5.93. The van der Waals surface area contributed by atoms with Crippen LogP contribution in [0.5, 0.6) is 0 Å². The Bertz CT molecular complexity index is 1510. The predicted molar refractivity (Wildman–Crippen MR) is 140 cm³/mol. The number of carbonyl (C=O) groups is 1. The van der Waals surface area contributed by atoms with E-state index in [0.29, 0.717) is 40.7 Å². The second-order valence-electron chi connectivity index (χ2n) is 8.83. The number of amides is 2. The number of nitrogens with zero attached hydrogens (tertiary/aromatic N) is 5. The molecule has 1 N–H and O–H groups in total. The van der Waals surface area contributed by atoms with Crippen LogP contribution in [0.2, 0.25) is 0 Å². The van der Waals surface area contributed by atoms with Crippen molar-refractivity contribution < 1.29 is 4.79 Å². The molecule has 176 valence electrons. The molecule has 0 saturated carbocycles. The van der Waals surface area contributed by atoms with Crippen molar-refractivity contribution in [3.63, 3.8) is 0 Å². The van der Waals surface area contributed by atoms with Crippen LogP contribution in [0.3, 0.4) is 0 Å². The molecular weight excluding hydrogens is 448 g/mol. The molecule has 7 heteroatoms. The van der Waals surface area contributed by atoms with Gasteiger partial charge in [-0.3, -0.25) is 9.97 Å². The van der Waals surface area contributed by atoms with Crippen molar-refractivity contribution >= 4 is 22.8 Å². The van der Waals surface area contributed by atoms with Gasteiger partial charge in [-0.2, -0.15) is 0 Å². The van der Waals surface area contributed by atoms with Crippen LogP contribution >= 0.6 is 0 Å². The molecule has 6 rings (SSSR count). The monoisotopic (exact) mass is 472 g/mol. The van der Waals surface area contributed by atoms with E-state index in [2.05, 4.69) is 27.4 Å². The second kappa shape index (κ2) is 9.54. The number of fused-ring (bicyclic) bond motifs is 1. The number of aromatic nitrogens is 4. The highest BCUT2D eigenvalue weighted by Crippen LogP contribution is 2.30. The minimum absolute atomic E-state index is 0.101. The molecule has 1 atom stereocenters. The molecule has 36 heavy (non-hydrogen) atoms. The van der Waals surface area contributed by atoms with Crippen LogP contribution in [0.4, 0.5) is 10.5 Å². The second-order valence-corrected chi connectivity index (χ2v) is 8.83. The quantitative estimate of drug-likeness (QED) is 0.359. The zero-order valence-corrected chi connectivity index (χ0v) is 19.6. The molecule has 5 aromatic rings.